The number of carbonyl (C=O) groups is 1. The van der Waals surface area contributed by atoms with E-state index in [1.165, 1.54) is 12.1 Å². The van der Waals surface area contributed by atoms with Crippen molar-refractivity contribution in [1.82, 2.24) is 5.32 Å². The van der Waals surface area contributed by atoms with Crippen LogP contribution in [0.2, 0.25) is 0 Å². The fraction of sp³-hybridized carbons (Fsp3) is 0.214. The zero-order valence-electron chi connectivity index (χ0n) is 12.2. The van der Waals surface area contributed by atoms with Crippen molar-refractivity contribution in [3.8, 4) is 5.75 Å². The van der Waals surface area contributed by atoms with Crippen LogP contribution in [0.15, 0.2) is 40.8 Å². The summed E-state index contributed by atoms with van der Waals surface area (Å²) in [6.45, 7) is 1.59. The molecule has 2 rings (SSSR count). The average Bonchev–Trinajstić information content (AvgIpc) is 2.96. The summed E-state index contributed by atoms with van der Waals surface area (Å²) >= 11 is 0. The Morgan fingerprint density at radius 3 is 2.38 bits per heavy atom. The van der Waals surface area contributed by atoms with Crippen LogP contribution in [0.3, 0.4) is 0 Å². The second kappa shape index (κ2) is 6.60. The maximum absolute atomic E-state index is 12.1. The maximum atomic E-state index is 12.1. The van der Waals surface area contributed by atoms with Crippen LogP contribution in [0, 0.1) is 10.1 Å². The van der Waals surface area contributed by atoms with Crippen molar-refractivity contribution in [3.63, 3.8) is 0 Å². The number of alkyl halides is 3. The molecular formula is C14H11F3N2O5. The highest BCUT2D eigenvalue weighted by Gasteiger charge is 2.31. The fourth-order valence-electron chi connectivity index (χ4n) is 1.86. The van der Waals surface area contributed by atoms with Gasteiger partial charge in [-0.25, -0.2) is 0 Å². The largest absolute Gasteiger partial charge is 0.573 e. The lowest BCUT2D eigenvalue weighted by Crippen LogP contribution is -2.26. The van der Waals surface area contributed by atoms with Crippen LogP contribution in [-0.2, 0) is 0 Å². The Balaban J connectivity index is 2.02. The number of carbonyl (C=O) groups excluding carboxylic acids is 1. The van der Waals surface area contributed by atoms with Gasteiger partial charge in [0.2, 0.25) is 0 Å². The molecule has 0 saturated heterocycles. The summed E-state index contributed by atoms with van der Waals surface area (Å²) in [6.07, 6.45) is -4.78. The van der Waals surface area contributed by atoms with Gasteiger partial charge in [0.25, 0.3) is 5.91 Å². The van der Waals surface area contributed by atoms with E-state index in [9.17, 15) is 28.1 Å². The van der Waals surface area contributed by atoms with Gasteiger partial charge in [0.1, 0.15) is 10.7 Å². The van der Waals surface area contributed by atoms with E-state index < -0.39 is 29.1 Å². The number of nitro groups is 1. The molecule has 7 nitrogen and oxygen atoms in total. The predicted molar refractivity (Wildman–Crippen MR) is 74.4 cm³/mol. The molecule has 1 N–H and O–H groups in total. The first-order chi connectivity index (χ1) is 11.2. The number of amides is 1. The topological polar surface area (TPSA) is 94.6 Å². The van der Waals surface area contributed by atoms with Gasteiger partial charge in [0.05, 0.1) is 12.1 Å². The maximum Gasteiger partial charge on any atom is 0.573 e. The van der Waals surface area contributed by atoms with Gasteiger partial charge in [-0.05, 0) is 30.7 Å². The molecule has 128 valence electrons. The molecule has 0 radical (unpaired) electrons. The summed E-state index contributed by atoms with van der Waals surface area (Å²) in [6, 6.07) is 6.57. The number of rotatable bonds is 5. The molecule has 0 saturated carbocycles. The number of halogens is 3. The van der Waals surface area contributed by atoms with E-state index in [-0.39, 0.29) is 11.5 Å². The Kier molecular flexibility index (Phi) is 4.77. The number of hydrogen-bond acceptors (Lipinski definition) is 5. The lowest BCUT2D eigenvalue weighted by molar-refractivity contribution is -0.402. The van der Waals surface area contributed by atoms with Gasteiger partial charge in [-0.1, -0.05) is 12.1 Å². The number of furan rings is 1. The molecule has 1 aromatic heterocycles. The van der Waals surface area contributed by atoms with Crippen LogP contribution in [0.1, 0.15) is 29.1 Å². The summed E-state index contributed by atoms with van der Waals surface area (Å²) in [4.78, 5) is 21.6. The molecule has 1 amide bonds. The molecule has 0 aliphatic heterocycles. The smallest absolute Gasteiger partial charge is 0.406 e. The summed E-state index contributed by atoms with van der Waals surface area (Å²) in [5, 5.41) is 13.0. The SMILES string of the molecule is C[C@@H](NC(=O)c1ccc([N+](=O)[O-])o1)c1ccc(OC(F)(F)F)cc1. The van der Waals surface area contributed by atoms with Crippen molar-refractivity contribution in [3.05, 3.63) is 57.8 Å². The van der Waals surface area contributed by atoms with E-state index in [4.69, 9.17) is 4.42 Å². The van der Waals surface area contributed by atoms with Gasteiger partial charge in [-0.2, -0.15) is 0 Å². The lowest BCUT2D eigenvalue weighted by Gasteiger charge is -2.14. The molecule has 2 aromatic rings. The molecule has 0 aliphatic rings. The Morgan fingerprint density at radius 1 is 1.25 bits per heavy atom. The minimum absolute atomic E-state index is 0.245. The molecule has 0 spiro atoms. The van der Waals surface area contributed by atoms with Crippen LogP contribution < -0.4 is 10.1 Å². The van der Waals surface area contributed by atoms with E-state index in [1.807, 2.05) is 0 Å². The van der Waals surface area contributed by atoms with Gasteiger partial charge < -0.3 is 14.5 Å². The van der Waals surface area contributed by atoms with Crippen molar-refractivity contribution in [1.29, 1.82) is 0 Å². The van der Waals surface area contributed by atoms with Gasteiger partial charge >= 0.3 is 12.2 Å². The first-order valence-corrected chi connectivity index (χ1v) is 6.56. The van der Waals surface area contributed by atoms with Crippen LogP contribution in [0.25, 0.3) is 0 Å². The van der Waals surface area contributed by atoms with Crippen molar-refractivity contribution < 1.29 is 32.0 Å². The standard InChI is InChI=1S/C14H11F3N2O5/c1-8(9-2-4-10(5-3-9)24-14(15,16)17)18-13(20)11-6-7-12(23-11)19(21)22/h2-8H,1H3,(H,18,20)/t8-/m1/s1. The zero-order valence-corrected chi connectivity index (χ0v) is 12.2. The van der Waals surface area contributed by atoms with Gasteiger partial charge in [0, 0.05) is 0 Å². The molecule has 10 heteroatoms. The van der Waals surface area contributed by atoms with E-state index in [1.54, 1.807) is 6.92 Å². The van der Waals surface area contributed by atoms with Crippen molar-refractivity contribution in [2.75, 3.05) is 0 Å². The van der Waals surface area contributed by atoms with Crippen LogP contribution in [0.4, 0.5) is 19.1 Å². The second-order valence-electron chi connectivity index (χ2n) is 4.71. The van der Waals surface area contributed by atoms with Gasteiger partial charge in [-0.15, -0.1) is 13.2 Å². The van der Waals surface area contributed by atoms with E-state index >= 15 is 0 Å². The van der Waals surface area contributed by atoms with Crippen molar-refractivity contribution in [2.45, 2.75) is 19.3 Å². The minimum atomic E-state index is -4.78. The highest BCUT2D eigenvalue weighted by molar-refractivity contribution is 5.91. The second-order valence-corrected chi connectivity index (χ2v) is 4.71. The quantitative estimate of drug-likeness (QED) is 0.661. The Morgan fingerprint density at radius 2 is 1.88 bits per heavy atom. The molecule has 1 atom stereocenters. The first kappa shape index (κ1) is 17.3. The van der Waals surface area contributed by atoms with Gasteiger partial charge in [0.15, 0.2) is 5.76 Å². The Bertz CT molecular complexity index is 740. The number of benzene rings is 1. The molecular weight excluding hydrogens is 333 g/mol. The minimum Gasteiger partial charge on any atom is -0.406 e. The number of hydrogen-bond donors (Lipinski definition) is 1. The zero-order chi connectivity index (χ0) is 17.9. The molecule has 0 bridgehead atoms. The summed E-state index contributed by atoms with van der Waals surface area (Å²) in [5.41, 5.74) is 0.513. The summed E-state index contributed by atoms with van der Waals surface area (Å²) < 4.78 is 44.8. The number of nitrogens with zero attached hydrogens (tertiary/aromatic N) is 1. The molecule has 0 aliphatic carbocycles. The Hall–Kier alpha value is -3.04. The fourth-order valence-corrected chi connectivity index (χ4v) is 1.86. The third-order valence-electron chi connectivity index (χ3n) is 2.96. The average molecular weight is 344 g/mol. The molecule has 1 heterocycles. The third kappa shape index (κ3) is 4.48. The van der Waals surface area contributed by atoms with Gasteiger partial charge in [-0.3, -0.25) is 14.9 Å². The molecule has 0 fully saturated rings. The highest BCUT2D eigenvalue weighted by Crippen LogP contribution is 2.24. The van der Waals surface area contributed by atoms with Crippen molar-refractivity contribution >= 4 is 11.8 Å². The number of ether oxygens (including phenoxy) is 1. The molecule has 0 unspecified atom stereocenters. The lowest BCUT2D eigenvalue weighted by atomic mass is 10.1. The van der Waals surface area contributed by atoms with E-state index in [0.29, 0.717) is 5.56 Å². The number of nitrogens with one attached hydrogen (secondary N) is 1. The Labute approximate surface area is 133 Å². The van der Waals surface area contributed by atoms with Crippen LogP contribution in [0.5, 0.6) is 5.75 Å². The first-order valence-electron chi connectivity index (χ1n) is 6.56. The monoisotopic (exact) mass is 344 g/mol. The normalized spacial score (nSPS) is 12.5. The highest BCUT2D eigenvalue weighted by atomic mass is 19.4. The van der Waals surface area contributed by atoms with Crippen molar-refractivity contribution in [2.24, 2.45) is 0 Å². The molecule has 1 aromatic carbocycles. The third-order valence-corrected chi connectivity index (χ3v) is 2.96. The predicted octanol–water partition coefficient (Wildman–Crippen LogP) is 3.58. The summed E-state index contributed by atoms with van der Waals surface area (Å²) in [7, 11) is 0. The molecule has 24 heavy (non-hydrogen) atoms. The van der Waals surface area contributed by atoms with E-state index in [2.05, 4.69) is 10.1 Å². The van der Waals surface area contributed by atoms with Crippen LogP contribution in [-0.4, -0.2) is 17.2 Å². The van der Waals surface area contributed by atoms with E-state index in [0.717, 1.165) is 24.3 Å². The summed E-state index contributed by atoms with van der Waals surface area (Å²) in [5.74, 6) is -1.88. The van der Waals surface area contributed by atoms with Crippen LogP contribution >= 0.6 is 0 Å².